The predicted molar refractivity (Wildman–Crippen MR) is 91.6 cm³/mol. The topological polar surface area (TPSA) is 50.7 Å². The van der Waals surface area contributed by atoms with E-state index in [1.165, 1.54) is 13.0 Å². The summed E-state index contributed by atoms with van der Waals surface area (Å²) in [7, 11) is 3.29. The van der Waals surface area contributed by atoms with Gasteiger partial charge in [0.25, 0.3) is 0 Å². The number of benzene rings is 1. The summed E-state index contributed by atoms with van der Waals surface area (Å²) in [6, 6.07) is 3.88. The molecule has 0 bridgehead atoms. The van der Waals surface area contributed by atoms with Gasteiger partial charge >= 0.3 is 0 Å². The lowest BCUT2D eigenvalue weighted by molar-refractivity contribution is 0.258. The maximum atomic E-state index is 5.43. The van der Waals surface area contributed by atoms with Gasteiger partial charge in [0, 0.05) is 37.6 Å². The van der Waals surface area contributed by atoms with Crippen LogP contribution in [0.3, 0.4) is 0 Å². The minimum atomic E-state index is 0.692. The van der Waals surface area contributed by atoms with Crippen molar-refractivity contribution in [2.24, 2.45) is 0 Å². The third-order valence-electron chi connectivity index (χ3n) is 4.33. The molecule has 124 valence electrons. The molecule has 0 unspecified atom stereocenters. The van der Waals surface area contributed by atoms with Crippen molar-refractivity contribution in [2.45, 2.75) is 13.3 Å². The van der Waals surface area contributed by atoms with Crippen LogP contribution in [0.1, 0.15) is 13.3 Å². The Balaban J connectivity index is 1.92. The van der Waals surface area contributed by atoms with Crippen LogP contribution in [-0.2, 0) is 0 Å². The van der Waals surface area contributed by atoms with Gasteiger partial charge in [-0.2, -0.15) is 0 Å². The molecule has 3 rings (SSSR count). The summed E-state index contributed by atoms with van der Waals surface area (Å²) >= 11 is 0. The summed E-state index contributed by atoms with van der Waals surface area (Å²) in [5.74, 6) is 2.38. The van der Waals surface area contributed by atoms with Gasteiger partial charge in [-0.1, -0.05) is 6.92 Å². The fraction of sp³-hybridized carbons (Fsp3) is 0.529. The van der Waals surface area contributed by atoms with Crippen LogP contribution in [0.5, 0.6) is 11.5 Å². The minimum Gasteiger partial charge on any atom is -0.493 e. The maximum Gasteiger partial charge on any atom is 0.162 e. The van der Waals surface area contributed by atoms with Gasteiger partial charge in [0.1, 0.15) is 12.1 Å². The van der Waals surface area contributed by atoms with Gasteiger partial charge in [-0.25, -0.2) is 9.97 Å². The molecule has 1 fully saturated rings. The molecule has 1 aromatic heterocycles. The summed E-state index contributed by atoms with van der Waals surface area (Å²) in [6.45, 7) is 7.52. The fourth-order valence-corrected chi connectivity index (χ4v) is 3.12. The van der Waals surface area contributed by atoms with Crippen LogP contribution in [-0.4, -0.2) is 61.8 Å². The van der Waals surface area contributed by atoms with E-state index in [1.54, 1.807) is 20.5 Å². The molecule has 1 saturated heterocycles. The lowest BCUT2D eigenvalue weighted by atomic mass is 10.2. The second-order valence-corrected chi connectivity index (χ2v) is 5.75. The van der Waals surface area contributed by atoms with Gasteiger partial charge < -0.3 is 14.4 Å². The van der Waals surface area contributed by atoms with Crippen LogP contribution < -0.4 is 14.4 Å². The first-order chi connectivity index (χ1) is 11.3. The van der Waals surface area contributed by atoms with Crippen LogP contribution in [0.4, 0.5) is 5.82 Å². The highest BCUT2D eigenvalue weighted by Crippen LogP contribution is 2.34. The first kappa shape index (κ1) is 15.8. The Morgan fingerprint density at radius 1 is 1.00 bits per heavy atom. The highest BCUT2D eigenvalue weighted by molar-refractivity contribution is 5.92. The zero-order valence-electron chi connectivity index (χ0n) is 14.1. The normalized spacial score (nSPS) is 15.9. The number of rotatable bonds is 5. The average Bonchev–Trinajstić information content (AvgIpc) is 2.61. The molecular weight excluding hydrogens is 292 g/mol. The number of ether oxygens (including phenoxy) is 2. The maximum absolute atomic E-state index is 5.43. The standard InChI is InChI=1S/C17H24N4O2/c1-4-5-20-6-8-21(9-7-20)17-13-10-15(22-2)16(23-3)11-14(13)18-12-19-17/h10-12H,4-9H2,1-3H3. The number of methoxy groups -OCH3 is 2. The van der Waals surface area contributed by atoms with E-state index in [9.17, 15) is 0 Å². The molecule has 23 heavy (non-hydrogen) atoms. The van der Waals surface area contributed by atoms with E-state index in [1.807, 2.05) is 12.1 Å². The van der Waals surface area contributed by atoms with Gasteiger partial charge in [0.05, 0.1) is 19.7 Å². The molecular formula is C17H24N4O2. The average molecular weight is 316 g/mol. The lowest BCUT2D eigenvalue weighted by Gasteiger charge is -2.35. The van der Waals surface area contributed by atoms with Gasteiger partial charge in [-0.05, 0) is 19.0 Å². The summed E-state index contributed by atoms with van der Waals surface area (Å²) in [4.78, 5) is 13.8. The zero-order chi connectivity index (χ0) is 16.2. The Morgan fingerprint density at radius 2 is 1.70 bits per heavy atom. The molecule has 6 nitrogen and oxygen atoms in total. The minimum absolute atomic E-state index is 0.692. The fourth-order valence-electron chi connectivity index (χ4n) is 3.12. The Kier molecular flexibility index (Phi) is 4.81. The van der Waals surface area contributed by atoms with Crippen LogP contribution in [0, 0.1) is 0 Å². The first-order valence-corrected chi connectivity index (χ1v) is 8.10. The van der Waals surface area contributed by atoms with E-state index in [0.717, 1.165) is 42.9 Å². The van der Waals surface area contributed by atoms with E-state index in [4.69, 9.17) is 9.47 Å². The van der Waals surface area contributed by atoms with Gasteiger partial charge in [-0.15, -0.1) is 0 Å². The van der Waals surface area contributed by atoms with Crippen LogP contribution >= 0.6 is 0 Å². The van der Waals surface area contributed by atoms with E-state index >= 15 is 0 Å². The molecule has 1 aliphatic heterocycles. The van der Waals surface area contributed by atoms with Crippen molar-refractivity contribution in [2.75, 3.05) is 51.8 Å². The summed E-state index contributed by atoms with van der Waals surface area (Å²) in [5, 5.41) is 1.01. The molecule has 1 aromatic carbocycles. The van der Waals surface area contributed by atoms with Crippen molar-refractivity contribution in [3.8, 4) is 11.5 Å². The molecule has 0 amide bonds. The smallest absolute Gasteiger partial charge is 0.162 e. The van der Waals surface area contributed by atoms with Gasteiger partial charge in [0.2, 0.25) is 0 Å². The molecule has 0 radical (unpaired) electrons. The van der Waals surface area contributed by atoms with Crippen molar-refractivity contribution in [3.05, 3.63) is 18.5 Å². The Bertz CT molecular complexity index is 669. The third kappa shape index (κ3) is 3.17. The largest absolute Gasteiger partial charge is 0.493 e. The highest BCUT2D eigenvalue weighted by Gasteiger charge is 2.20. The lowest BCUT2D eigenvalue weighted by Crippen LogP contribution is -2.46. The molecule has 2 heterocycles. The number of hydrogen-bond acceptors (Lipinski definition) is 6. The molecule has 2 aromatic rings. The number of nitrogens with zero attached hydrogens (tertiary/aromatic N) is 4. The zero-order valence-corrected chi connectivity index (χ0v) is 14.1. The molecule has 0 N–H and O–H groups in total. The number of fused-ring (bicyclic) bond motifs is 1. The molecule has 0 atom stereocenters. The summed E-state index contributed by atoms with van der Waals surface area (Å²) in [6.07, 6.45) is 2.83. The Labute approximate surface area is 137 Å². The number of anilines is 1. The van der Waals surface area contributed by atoms with Crippen LogP contribution in [0.15, 0.2) is 18.5 Å². The predicted octanol–water partition coefficient (Wildman–Crippen LogP) is 2.18. The second kappa shape index (κ2) is 7.00. The Morgan fingerprint density at radius 3 is 2.35 bits per heavy atom. The van der Waals surface area contributed by atoms with E-state index in [0.29, 0.717) is 11.5 Å². The number of piperazine rings is 1. The third-order valence-corrected chi connectivity index (χ3v) is 4.33. The number of aromatic nitrogens is 2. The van der Waals surface area contributed by atoms with Crippen LogP contribution in [0.25, 0.3) is 10.9 Å². The van der Waals surface area contributed by atoms with Gasteiger partial charge in [0.15, 0.2) is 11.5 Å². The van der Waals surface area contributed by atoms with Crippen LogP contribution in [0.2, 0.25) is 0 Å². The summed E-state index contributed by atoms with van der Waals surface area (Å²) in [5.41, 5.74) is 0.878. The summed E-state index contributed by atoms with van der Waals surface area (Å²) < 4.78 is 10.8. The molecule has 0 aliphatic carbocycles. The molecule has 6 heteroatoms. The van der Waals surface area contributed by atoms with Crippen molar-refractivity contribution in [3.63, 3.8) is 0 Å². The van der Waals surface area contributed by atoms with E-state index in [2.05, 4.69) is 26.7 Å². The highest BCUT2D eigenvalue weighted by atomic mass is 16.5. The number of hydrogen-bond donors (Lipinski definition) is 0. The van der Waals surface area contributed by atoms with Crippen molar-refractivity contribution in [1.29, 1.82) is 0 Å². The SMILES string of the molecule is CCCN1CCN(c2ncnc3cc(OC)c(OC)cc23)CC1. The quantitative estimate of drug-likeness (QED) is 0.843. The van der Waals surface area contributed by atoms with E-state index < -0.39 is 0 Å². The van der Waals surface area contributed by atoms with Crippen molar-refractivity contribution in [1.82, 2.24) is 14.9 Å². The molecule has 1 aliphatic rings. The second-order valence-electron chi connectivity index (χ2n) is 5.75. The molecule has 0 spiro atoms. The van der Waals surface area contributed by atoms with Crippen molar-refractivity contribution < 1.29 is 9.47 Å². The van der Waals surface area contributed by atoms with Crippen molar-refractivity contribution >= 4 is 16.7 Å². The Hall–Kier alpha value is -2.08. The van der Waals surface area contributed by atoms with Gasteiger partial charge in [-0.3, -0.25) is 4.90 Å². The first-order valence-electron chi connectivity index (χ1n) is 8.10. The monoisotopic (exact) mass is 316 g/mol. The van der Waals surface area contributed by atoms with E-state index in [-0.39, 0.29) is 0 Å². The molecule has 0 saturated carbocycles.